The summed E-state index contributed by atoms with van der Waals surface area (Å²) in [5.41, 5.74) is -1.28. The fraction of sp³-hybridized carbons (Fsp3) is 0.333. The quantitative estimate of drug-likeness (QED) is 0.581. The smallest absolute Gasteiger partial charge is 0.364 e. The van der Waals surface area contributed by atoms with E-state index in [0.717, 1.165) is 12.1 Å². The van der Waals surface area contributed by atoms with Gasteiger partial charge in [-0.05, 0) is 36.8 Å². The number of nitrogens with zero attached hydrogens (tertiary/aromatic N) is 2. The number of benzene rings is 1. The minimum Gasteiger partial charge on any atom is -0.364 e. The van der Waals surface area contributed by atoms with Gasteiger partial charge < -0.3 is 14.8 Å². The molecule has 31 heavy (non-hydrogen) atoms. The van der Waals surface area contributed by atoms with Crippen molar-refractivity contribution in [2.24, 2.45) is 0 Å². The second-order valence-electron chi connectivity index (χ2n) is 6.23. The average molecular weight is 482 g/mol. The van der Waals surface area contributed by atoms with Crippen LogP contribution in [0.2, 0.25) is 5.02 Å². The van der Waals surface area contributed by atoms with E-state index in [4.69, 9.17) is 21.1 Å². The maximum Gasteiger partial charge on any atom is 0.417 e. The topological polar surface area (TPSA) is 97.8 Å². The molecule has 170 valence electrons. The number of amides is 1. The largest absolute Gasteiger partial charge is 0.417 e. The van der Waals surface area contributed by atoms with E-state index in [0.29, 0.717) is 15.9 Å². The Labute approximate surface area is 182 Å². The highest BCUT2D eigenvalue weighted by atomic mass is 35.5. The number of carbonyl (C=O) groups excluding carboxylic acids is 1. The number of carbonyl (C=O) groups is 1. The highest BCUT2D eigenvalue weighted by Gasteiger charge is 2.36. The minimum atomic E-state index is -4.87. The monoisotopic (exact) mass is 481 g/mol. The fourth-order valence-corrected chi connectivity index (χ4v) is 4.16. The number of halogens is 4. The van der Waals surface area contributed by atoms with Crippen LogP contribution in [0.5, 0.6) is 0 Å². The van der Waals surface area contributed by atoms with Gasteiger partial charge in [0.25, 0.3) is 15.9 Å². The molecule has 13 heteroatoms. The van der Waals surface area contributed by atoms with Crippen LogP contribution in [0.15, 0.2) is 35.4 Å². The molecule has 0 aliphatic rings. The summed E-state index contributed by atoms with van der Waals surface area (Å²) < 4.78 is 76.6. The van der Waals surface area contributed by atoms with Crippen LogP contribution in [0.3, 0.4) is 0 Å². The molecule has 1 aromatic heterocycles. The van der Waals surface area contributed by atoms with E-state index >= 15 is 0 Å². The van der Waals surface area contributed by atoms with Crippen molar-refractivity contribution in [1.29, 1.82) is 0 Å². The molecule has 0 atom stereocenters. The Morgan fingerprint density at radius 1 is 1.23 bits per heavy atom. The van der Waals surface area contributed by atoms with E-state index in [1.165, 1.54) is 26.5 Å². The highest BCUT2D eigenvalue weighted by Crippen LogP contribution is 2.37. The van der Waals surface area contributed by atoms with E-state index in [9.17, 15) is 26.4 Å². The summed E-state index contributed by atoms with van der Waals surface area (Å²) in [6.45, 7) is 0.841. The zero-order valence-electron chi connectivity index (χ0n) is 16.7. The number of alkyl halides is 3. The lowest BCUT2D eigenvalue weighted by molar-refractivity contribution is -0.137. The first-order valence-electron chi connectivity index (χ1n) is 8.55. The molecule has 0 aliphatic carbocycles. The molecule has 8 nitrogen and oxygen atoms in total. The molecular weight excluding hydrogens is 463 g/mol. The molecule has 0 radical (unpaired) electrons. The number of ether oxygens (including phenoxy) is 2. The summed E-state index contributed by atoms with van der Waals surface area (Å²) in [7, 11) is -2.08. The Balaban J connectivity index is 2.66. The summed E-state index contributed by atoms with van der Waals surface area (Å²) in [6.07, 6.45) is -3.53. The molecule has 1 heterocycles. The molecule has 1 aromatic carbocycles. The maximum absolute atomic E-state index is 13.3. The van der Waals surface area contributed by atoms with E-state index in [1.54, 1.807) is 6.92 Å². The van der Waals surface area contributed by atoms with Gasteiger partial charge in [0.1, 0.15) is 13.5 Å². The van der Waals surface area contributed by atoms with Gasteiger partial charge in [0.2, 0.25) is 0 Å². The standard InChI is InChI=1S/C18H19ClF3N3O5S/c1-11-6-15(16(23-8-11)17(26)24-9-29-2)25(10-30-3)31(27,28)12-4-5-14(19)13(7-12)18(20,21)22/h4-8H,9-10H2,1-3H3,(H,24,26). The van der Waals surface area contributed by atoms with Crippen molar-refractivity contribution in [3.63, 3.8) is 0 Å². The summed E-state index contributed by atoms with van der Waals surface area (Å²) in [6, 6.07) is 3.55. The Morgan fingerprint density at radius 2 is 1.90 bits per heavy atom. The predicted octanol–water partition coefficient (Wildman–Crippen LogP) is 3.20. The van der Waals surface area contributed by atoms with Crippen LogP contribution >= 0.6 is 11.6 Å². The molecule has 0 bridgehead atoms. The van der Waals surface area contributed by atoms with E-state index in [1.807, 2.05) is 0 Å². The number of sulfonamides is 1. The van der Waals surface area contributed by atoms with Gasteiger partial charge in [0, 0.05) is 20.4 Å². The van der Waals surface area contributed by atoms with Crippen LogP contribution in [0.1, 0.15) is 21.6 Å². The number of hydrogen-bond acceptors (Lipinski definition) is 6. The molecule has 1 amide bonds. The lowest BCUT2D eigenvalue weighted by Gasteiger charge is -2.25. The first-order chi connectivity index (χ1) is 14.4. The van der Waals surface area contributed by atoms with E-state index < -0.39 is 44.3 Å². The number of aromatic nitrogens is 1. The van der Waals surface area contributed by atoms with E-state index in [2.05, 4.69) is 10.3 Å². The molecule has 0 aliphatic heterocycles. The highest BCUT2D eigenvalue weighted by molar-refractivity contribution is 7.92. The van der Waals surface area contributed by atoms with Crippen LogP contribution in [0, 0.1) is 6.92 Å². The SMILES string of the molecule is COCNC(=O)c1ncc(C)cc1N(COC)S(=O)(=O)c1ccc(Cl)c(C(F)(F)F)c1. The second-order valence-corrected chi connectivity index (χ2v) is 8.50. The minimum absolute atomic E-state index is 0.170. The van der Waals surface area contributed by atoms with Gasteiger partial charge in [-0.3, -0.25) is 4.79 Å². The summed E-state index contributed by atoms with van der Waals surface area (Å²) in [5.74, 6) is -0.750. The summed E-state index contributed by atoms with van der Waals surface area (Å²) in [4.78, 5) is 15.7. The van der Waals surface area contributed by atoms with Crippen molar-refractivity contribution in [3.05, 3.63) is 52.3 Å². The van der Waals surface area contributed by atoms with Crippen molar-refractivity contribution in [2.45, 2.75) is 18.0 Å². The second kappa shape index (κ2) is 9.81. The third-order valence-corrected chi connectivity index (χ3v) is 6.00. The van der Waals surface area contributed by atoms with Crippen LogP contribution in [-0.2, 0) is 25.7 Å². The van der Waals surface area contributed by atoms with Crippen LogP contribution < -0.4 is 9.62 Å². The van der Waals surface area contributed by atoms with Gasteiger partial charge in [-0.1, -0.05) is 11.6 Å². The average Bonchev–Trinajstić information content (AvgIpc) is 2.69. The van der Waals surface area contributed by atoms with Crippen LogP contribution in [-0.4, -0.2) is 47.0 Å². The molecule has 2 rings (SSSR count). The van der Waals surface area contributed by atoms with Crippen LogP contribution in [0.4, 0.5) is 18.9 Å². The van der Waals surface area contributed by atoms with Crippen LogP contribution in [0.25, 0.3) is 0 Å². The first-order valence-corrected chi connectivity index (χ1v) is 10.4. The third kappa shape index (κ3) is 5.64. The van der Waals surface area contributed by atoms with Crippen molar-refractivity contribution < 1.29 is 35.9 Å². The van der Waals surface area contributed by atoms with Gasteiger partial charge in [-0.15, -0.1) is 0 Å². The van der Waals surface area contributed by atoms with Crippen molar-refractivity contribution in [3.8, 4) is 0 Å². The molecule has 0 unspecified atom stereocenters. The lowest BCUT2D eigenvalue weighted by Crippen LogP contribution is -2.36. The van der Waals surface area contributed by atoms with E-state index in [-0.39, 0.29) is 18.1 Å². The Kier molecular flexibility index (Phi) is 7.87. The third-order valence-electron chi connectivity index (χ3n) is 3.94. The Hall–Kier alpha value is -2.41. The van der Waals surface area contributed by atoms with Gasteiger partial charge >= 0.3 is 6.18 Å². The Bertz CT molecular complexity index is 1060. The molecule has 0 fully saturated rings. The normalized spacial score (nSPS) is 12.0. The zero-order chi connectivity index (χ0) is 23.4. The van der Waals surface area contributed by atoms with Gasteiger partial charge in [-0.2, -0.15) is 13.2 Å². The lowest BCUT2D eigenvalue weighted by atomic mass is 10.2. The number of hydrogen-bond donors (Lipinski definition) is 1. The van der Waals surface area contributed by atoms with Gasteiger partial charge in [0.15, 0.2) is 5.69 Å². The number of aryl methyl sites for hydroxylation is 1. The molecule has 1 N–H and O–H groups in total. The fourth-order valence-electron chi connectivity index (χ4n) is 2.54. The summed E-state index contributed by atoms with van der Waals surface area (Å²) >= 11 is 5.60. The maximum atomic E-state index is 13.3. The van der Waals surface area contributed by atoms with Gasteiger partial charge in [-0.25, -0.2) is 17.7 Å². The summed E-state index contributed by atoms with van der Waals surface area (Å²) in [5, 5.41) is 1.73. The Morgan fingerprint density at radius 3 is 2.48 bits per heavy atom. The number of nitrogens with one attached hydrogen (secondary N) is 1. The van der Waals surface area contributed by atoms with Crippen molar-refractivity contribution >= 4 is 33.2 Å². The number of rotatable bonds is 8. The molecule has 2 aromatic rings. The van der Waals surface area contributed by atoms with Gasteiger partial charge in [0.05, 0.1) is 21.2 Å². The molecule has 0 spiro atoms. The molecule has 0 saturated carbocycles. The molecule has 0 saturated heterocycles. The first kappa shape index (κ1) is 24.9. The predicted molar refractivity (Wildman–Crippen MR) is 106 cm³/mol. The number of anilines is 1. The number of pyridine rings is 1. The van der Waals surface area contributed by atoms with Crippen molar-refractivity contribution in [2.75, 3.05) is 32.0 Å². The zero-order valence-corrected chi connectivity index (χ0v) is 18.2. The molecular formula is C18H19ClF3N3O5S. The van der Waals surface area contributed by atoms with Crippen molar-refractivity contribution in [1.82, 2.24) is 10.3 Å². The number of methoxy groups -OCH3 is 2.